The Morgan fingerprint density at radius 3 is 2.65 bits per heavy atom. The summed E-state index contributed by atoms with van der Waals surface area (Å²) in [5, 5.41) is 3.91. The fraction of sp³-hybridized carbons (Fsp3) is 0.143. The van der Waals surface area contributed by atoms with E-state index in [0.717, 1.165) is 4.31 Å². The number of furan rings is 1. The van der Waals surface area contributed by atoms with Gasteiger partial charge < -0.3 is 13.9 Å². The molecule has 0 radical (unpaired) electrons. The lowest BCUT2D eigenvalue weighted by Crippen LogP contribution is -2.38. The summed E-state index contributed by atoms with van der Waals surface area (Å²) in [7, 11) is -3.93. The zero-order chi connectivity index (χ0) is 21.7. The molecule has 3 aromatic rings. The van der Waals surface area contributed by atoms with Crippen LogP contribution >= 0.6 is 0 Å². The predicted molar refractivity (Wildman–Crippen MR) is 111 cm³/mol. The molecule has 1 aromatic heterocycles. The van der Waals surface area contributed by atoms with E-state index in [1.54, 1.807) is 48.5 Å². The van der Waals surface area contributed by atoms with Gasteiger partial charge in [-0.05, 0) is 48.0 Å². The Labute approximate surface area is 178 Å². The first-order valence-corrected chi connectivity index (χ1v) is 10.8. The Morgan fingerprint density at radius 2 is 1.87 bits per heavy atom. The highest BCUT2D eigenvalue weighted by atomic mass is 32.2. The molecule has 10 heteroatoms. The van der Waals surface area contributed by atoms with E-state index >= 15 is 0 Å². The molecule has 0 atom stereocenters. The Kier molecular flexibility index (Phi) is 6.01. The van der Waals surface area contributed by atoms with Crippen LogP contribution in [0.1, 0.15) is 11.3 Å². The van der Waals surface area contributed by atoms with Crippen molar-refractivity contribution in [3.8, 4) is 11.5 Å². The molecular formula is C21H19N3O6S. The van der Waals surface area contributed by atoms with E-state index in [-0.39, 0.29) is 18.2 Å². The van der Waals surface area contributed by atoms with Gasteiger partial charge in [0.15, 0.2) is 11.5 Å². The molecule has 0 unspecified atom stereocenters. The molecule has 0 saturated heterocycles. The van der Waals surface area contributed by atoms with Crippen LogP contribution in [0.4, 0.5) is 0 Å². The molecule has 1 amide bonds. The predicted octanol–water partition coefficient (Wildman–Crippen LogP) is 2.35. The van der Waals surface area contributed by atoms with Crippen molar-refractivity contribution >= 4 is 22.1 Å². The molecule has 9 nitrogen and oxygen atoms in total. The smallest absolute Gasteiger partial charge is 0.255 e. The number of hydrogen-bond acceptors (Lipinski definition) is 7. The van der Waals surface area contributed by atoms with Crippen molar-refractivity contribution in [3.63, 3.8) is 0 Å². The summed E-state index contributed by atoms with van der Waals surface area (Å²) in [6, 6.07) is 16.4. The van der Waals surface area contributed by atoms with Crippen molar-refractivity contribution in [2.24, 2.45) is 5.10 Å². The van der Waals surface area contributed by atoms with Gasteiger partial charge in [-0.2, -0.15) is 9.41 Å². The lowest BCUT2D eigenvalue weighted by atomic mass is 10.2. The Bertz CT molecular complexity index is 1180. The van der Waals surface area contributed by atoms with Crippen molar-refractivity contribution < 1.29 is 27.1 Å². The third kappa shape index (κ3) is 4.93. The lowest BCUT2D eigenvalue weighted by molar-refractivity contribution is -0.121. The second-order valence-corrected chi connectivity index (χ2v) is 8.51. The van der Waals surface area contributed by atoms with Gasteiger partial charge in [0, 0.05) is 0 Å². The van der Waals surface area contributed by atoms with Crippen LogP contribution in [0.3, 0.4) is 0 Å². The van der Waals surface area contributed by atoms with Gasteiger partial charge in [0.25, 0.3) is 5.91 Å². The minimum atomic E-state index is -3.93. The molecule has 0 aliphatic carbocycles. The Balaban J connectivity index is 1.45. The molecule has 0 saturated carbocycles. The van der Waals surface area contributed by atoms with Crippen LogP contribution in [0.2, 0.25) is 0 Å². The lowest BCUT2D eigenvalue weighted by Gasteiger charge is -2.20. The van der Waals surface area contributed by atoms with Crippen molar-refractivity contribution in [2.45, 2.75) is 11.4 Å². The monoisotopic (exact) mass is 441 g/mol. The van der Waals surface area contributed by atoms with Gasteiger partial charge in [-0.3, -0.25) is 4.79 Å². The molecule has 160 valence electrons. The minimum Gasteiger partial charge on any atom is -0.468 e. The number of carbonyl (C=O) groups is 1. The first-order chi connectivity index (χ1) is 15.0. The number of hydrogen-bond donors (Lipinski definition) is 1. The molecular weight excluding hydrogens is 422 g/mol. The van der Waals surface area contributed by atoms with E-state index in [9.17, 15) is 13.2 Å². The molecule has 1 N–H and O–H groups in total. The number of nitrogens with zero attached hydrogens (tertiary/aromatic N) is 2. The highest BCUT2D eigenvalue weighted by Crippen LogP contribution is 2.31. The number of rotatable bonds is 8. The van der Waals surface area contributed by atoms with Crippen LogP contribution in [-0.4, -0.2) is 38.2 Å². The maximum Gasteiger partial charge on any atom is 0.255 e. The number of nitrogens with one attached hydrogen (secondary N) is 1. The maximum absolute atomic E-state index is 13.0. The third-order valence-corrected chi connectivity index (χ3v) is 6.22. The normalized spacial score (nSPS) is 13.1. The van der Waals surface area contributed by atoms with Gasteiger partial charge >= 0.3 is 0 Å². The van der Waals surface area contributed by atoms with Crippen LogP contribution < -0.4 is 14.9 Å². The number of fused-ring (bicyclic) bond motifs is 1. The number of amides is 1. The maximum atomic E-state index is 13.0. The van der Waals surface area contributed by atoms with E-state index in [2.05, 4.69) is 10.5 Å². The van der Waals surface area contributed by atoms with Crippen LogP contribution in [0.25, 0.3) is 0 Å². The van der Waals surface area contributed by atoms with Gasteiger partial charge in [-0.1, -0.05) is 18.2 Å². The van der Waals surface area contributed by atoms with Crippen LogP contribution in [0.5, 0.6) is 11.5 Å². The quantitative estimate of drug-likeness (QED) is 0.424. The summed E-state index contributed by atoms with van der Waals surface area (Å²) in [4.78, 5) is 12.5. The molecule has 0 fully saturated rings. The number of hydrazone groups is 1. The molecule has 31 heavy (non-hydrogen) atoms. The summed E-state index contributed by atoms with van der Waals surface area (Å²) < 4.78 is 42.9. The molecule has 1 aliphatic heterocycles. The largest absolute Gasteiger partial charge is 0.468 e. The average molecular weight is 441 g/mol. The van der Waals surface area contributed by atoms with E-state index in [4.69, 9.17) is 13.9 Å². The van der Waals surface area contributed by atoms with Crippen molar-refractivity contribution in [1.82, 2.24) is 9.73 Å². The van der Waals surface area contributed by atoms with Gasteiger partial charge in [-0.15, -0.1) is 0 Å². The zero-order valence-electron chi connectivity index (χ0n) is 16.3. The SMILES string of the molecule is O=C(CN(Cc1ccco1)S(=O)(=O)c1ccccc1)N/N=C/c1ccc2c(c1)OCO2. The first-order valence-electron chi connectivity index (χ1n) is 9.31. The van der Waals surface area contributed by atoms with Crippen LogP contribution in [0, 0.1) is 0 Å². The van der Waals surface area contributed by atoms with Gasteiger partial charge in [0.2, 0.25) is 16.8 Å². The standard InChI is InChI=1S/C21H19N3O6S/c25-21(23-22-12-16-8-9-19-20(11-16)30-15-29-19)14-24(13-17-5-4-10-28-17)31(26,27)18-6-2-1-3-7-18/h1-12H,13-15H2,(H,23,25)/b22-12+. The number of ether oxygens (including phenoxy) is 2. The number of carbonyl (C=O) groups excluding carboxylic acids is 1. The third-order valence-electron chi connectivity index (χ3n) is 4.41. The Hall–Kier alpha value is -3.63. The minimum absolute atomic E-state index is 0.0817. The summed E-state index contributed by atoms with van der Waals surface area (Å²) >= 11 is 0. The summed E-state index contributed by atoms with van der Waals surface area (Å²) in [6.45, 7) is -0.367. The molecule has 0 spiro atoms. The fourth-order valence-electron chi connectivity index (χ4n) is 2.91. The van der Waals surface area contributed by atoms with Gasteiger partial charge in [-0.25, -0.2) is 13.8 Å². The first kappa shape index (κ1) is 20.6. The van der Waals surface area contributed by atoms with Crippen molar-refractivity contribution in [2.75, 3.05) is 13.3 Å². The molecule has 2 aromatic carbocycles. The van der Waals surface area contributed by atoms with Crippen LogP contribution in [-0.2, 0) is 21.4 Å². The Morgan fingerprint density at radius 1 is 1.06 bits per heavy atom. The van der Waals surface area contributed by atoms with Crippen LogP contribution in [0.15, 0.2) is 81.3 Å². The molecule has 4 rings (SSSR count). The molecule has 1 aliphatic rings. The van der Waals surface area contributed by atoms with E-state index < -0.39 is 22.5 Å². The van der Waals surface area contributed by atoms with Crippen molar-refractivity contribution in [1.29, 1.82) is 0 Å². The summed E-state index contributed by atoms with van der Waals surface area (Å²) in [6.07, 6.45) is 2.88. The van der Waals surface area contributed by atoms with E-state index in [1.165, 1.54) is 24.6 Å². The van der Waals surface area contributed by atoms with Gasteiger partial charge in [0.1, 0.15) is 5.76 Å². The molecule has 2 heterocycles. The second kappa shape index (κ2) is 9.02. The fourth-order valence-corrected chi connectivity index (χ4v) is 4.30. The topological polar surface area (TPSA) is 110 Å². The van der Waals surface area contributed by atoms with E-state index in [0.29, 0.717) is 22.8 Å². The summed E-state index contributed by atoms with van der Waals surface area (Å²) in [5.74, 6) is 1.05. The highest BCUT2D eigenvalue weighted by molar-refractivity contribution is 7.89. The number of sulfonamides is 1. The van der Waals surface area contributed by atoms with Gasteiger partial charge in [0.05, 0.1) is 30.5 Å². The number of benzene rings is 2. The molecule has 0 bridgehead atoms. The van der Waals surface area contributed by atoms with Crippen molar-refractivity contribution in [3.05, 3.63) is 78.3 Å². The highest BCUT2D eigenvalue weighted by Gasteiger charge is 2.27. The summed E-state index contributed by atoms with van der Waals surface area (Å²) in [5.41, 5.74) is 3.04. The second-order valence-electron chi connectivity index (χ2n) is 6.57. The zero-order valence-corrected chi connectivity index (χ0v) is 17.1. The van der Waals surface area contributed by atoms with E-state index in [1.807, 2.05) is 0 Å². The average Bonchev–Trinajstić information content (AvgIpc) is 3.45.